The third-order valence-corrected chi connectivity index (χ3v) is 6.66. The highest BCUT2D eigenvalue weighted by molar-refractivity contribution is 9.10. The lowest BCUT2D eigenvalue weighted by atomic mass is 9.99. The summed E-state index contributed by atoms with van der Waals surface area (Å²) >= 11 is 7.10. The monoisotopic (exact) mass is 553 g/mol. The van der Waals surface area contributed by atoms with Crippen molar-refractivity contribution >= 4 is 48.9 Å². The van der Waals surface area contributed by atoms with Gasteiger partial charge >= 0.3 is 0 Å². The van der Waals surface area contributed by atoms with Gasteiger partial charge in [0.15, 0.2) is 0 Å². The average molecular weight is 555 g/mol. The number of rotatable bonds is 5. The maximum atomic E-state index is 3.55. The van der Waals surface area contributed by atoms with E-state index in [9.17, 15) is 0 Å². The second-order valence-electron chi connectivity index (χ2n) is 7.78. The molecule has 0 unspecified atom stereocenters. The van der Waals surface area contributed by atoms with Crippen LogP contribution in [0.25, 0.3) is 22.3 Å². The first-order chi connectivity index (χ1) is 16.2. The fraction of sp³-hybridized carbons (Fsp3) is 0. The molecule has 33 heavy (non-hydrogen) atoms. The lowest BCUT2D eigenvalue weighted by molar-refractivity contribution is 1.28. The Morgan fingerprint density at radius 2 is 0.758 bits per heavy atom. The fourth-order valence-corrected chi connectivity index (χ4v) is 4.47. The Kier molecular flexibility index (Phi) is 6.43. The topological polar surface area (TPSA) is 3.24 Å². The molecule has 0 aliphatic heterocycles. The van der Waals surface area contributed by atoms with E-state index in [0.717, 1.165) is 26.0 Å². The van der Waals surface area contributed by atoms with Gasteiger partial charge in [0.05, 0.1) is 0 Å². The van der Waals surface area contributed by atoms with Crippen molar-refractivity contribution < 1.29 is 0 Å². The minimum atomic E-state index is 1.07. The van der Waals surface area contributed by atoms with Crippen LogP contribution >= 0.6 is 31.9 Å². The van der Waals surface area contributed by atoms with Crippen molar-refractivity contribution in [3.05, 3.63) is 136 Å². The summed E-state index contributed by atoms with van der Waals surface area (Å²) in [5, 5.41) is 0. The molecule has 0 atom stereocenters. The van der Waals surface area contributed by atoms with Crippen LogP contribution in [0.4, 0.5) is 17.1 Å². The van der Waals surface area contributed by atoms with Crippen molar-refractivity contribution in [1.29, 1.82) is 0 Å². The van der Waals surface area contributed by atoms with Crippen molar-refractivity contribution in [1.82, 2.24) is 0 Å². The Morgan fingerprint density at radius 3 is 1.24 bits per heavy atom. The summed E-state index contributed by atoms with van der Waals surface area (Å²) in [6.45, 7) is 0. The van der Waals surface area contributed by atoms with Crippen molar-refractivity contribution in [2.45, 2.75) is 0 Å². The summed E-state index contributed by atoms with van der Waals surface area (Å²) in [6, 6.07) is 44.8. The summed E-state index contributed by atoms with van der Waals surface area (Å²) < 4.78 is 2.13. The van der Waals surface area contributed by atoms with Crippen LogP contribution in [0.5, 0.6) is 0 Å². The average Bonchev–Trinajstić information content (AvgIpc) is 2.87. The number of hydrogen-bond acceptors (Lipinski definition) is 1. The van der Waals surface area contributed by atoms with Crippen molar-refractivity contribution in [2.75, 3.05) is 4.90 Å². The molecule has 0 heterocycles. The molecule has 0 aromatic heterocycles. The molecule has 160 valence electrons. The SMILES string of the molecule is Brc1ccc(N(c2ccc(Br)cc2)c2ccc(-c3cccc(-c4ccccc4)c3)cc2)cc1. The van der Waals surface area contributed by atoms with Crippen LogP contribution in [0, 0.1) is 0 Å². The van der Waals surface area contributed by atoms with Gasteiger partial charge in [0.1, 0.15) is 0 Å². The molecule has 0 amide bonds. The van der Waals surface area contributed by atoms with Gasteiger partial charge < -0.3 is 4.90 Å². The Labute approximate surface area is 211 Å². The van der Waals surface area contributed by atoms with Gasteiger partial charge in [0.2, 0.25) is 0 Å². The summed E-state index contributed by atoms with van der Waals surface area (Å²) in [6.07, 6.45) is 0. The number of halogens is 2. The lowest BCUT2D eigenvalue weighted by Crippen LogP contribution is -2.09. The molecule has 1 nitrogen and oxygen atoms in total. The molecule has 0 aliphatic carbocycles. The Morgan fingerprint density at radius 1 is 0.364 bits per heavy atom. The third-order valence-electron chi connectivity index (χ3n) is 5.60. The van der Waals surface area contributed by atoms with Gasteiger partial charge in [0.25, 0.3) is 0 Å². The molecule has 0 saturated heterocycles. The molecule has 0 bridgehead atoms. The molecule has 0 saturated carbocycles. The van der Waals surface area contributed by atoms with E-state index in [2.05, 4.69) is 164 Å². The Bertz CT molecular complexity index is 1300. The molecule has 5 rings (SSSR count). The zero-order chi connectivity index (χ0) is 22.6. The molecule has 0 fully saturated rings. The van der Waals surface area contributed by atoms with Crippen LogP contribution in [0.3, 0.4) is 0 Å². The maximum absolute atomic E-state index is 3.55. The van der Waals surface area contributed by atoms with Gasteiger partial charge in [-0.25, -0.2) is 0 Å². The lowest BCUT2D eigenvalue weighted by Gasteiger charge is -2.26. The quantitative estimate of drug-likeness (QED) is 0.209. The zero-order valence-corrected chi connectivity index (χ0v) is 21.0. The van der Waals surface area contributed by atoms with E-state index in [1.54, 1.807) is 0 Å². The minimum absolute atomic E-state index is 1.07. The van der Waals surface area contributed by atoms with Crippen LogP contribution in [-0.2, 0) is 0 Å². The van der Waals surface area contributed by atoms with E-state index in [1.807, 2.05) is 0 Å². The van der Waals surface area contributed by atoms with Crippen LogP contribution in [0.1, 0.15) is 0 Å². The van der Waals surface area contributed by atoms with Crippen molar-refractivity contribution in [2.24, 2.45) is 0 Å². The highest BCUT2D eigenvalue weighted by Crippen LogP contribution is 2.37. The van der Waals surface area contributed by atoms with Crippen molar-refractivity contribution in [3.8, 4) is 22.3 Å². The molecular formula is C30H21Br2N. The molecular weight excluding hydrogens is 534 g/mol. The van der Waals surface area contributed by atoms with E-state index in [1.165, 1.54) is 22.3 Å². The van der Waals surface area contributed by atoms with Crippen LogP contribution in [0.2, 0.25) is 0 Å². The highest BCUT2D eigenvalue weighted by Gasteiger charge is 2.13. The zero-order valence-electron chi connectivity index (χ0n) is 17.8. The minimum Gasteiger partial charge on any atom is -0.311 e. The van der Waals surface area contributed by atoms with E-state index in [0.29, 0.717) is 0 Å². The molecule has 0 aliphatic rings. The van der Waals surface area contributed by atoms with Gasteiger partial charge in [-0.3, -0.25) is 0 Å². The fourth-order valence-electron chi connectivity index (χ4n) is 3.94. The molecule has 5 aromatic rings. The third kappa shape index (κ3) is 4.95. The predicted octanol–water partition coefficient (Wildman–Crippen LogP) is 10.0. The predicted molar refractivity (Wildman–Crippen MR) is 147 cm³/mol. The molecule has 0 radical (unpaired) electrons. The van der Waals surface area contributed by atoms with Gasteiger partial charge in [0, 0.05) is 26.0 Å². The molecule has 0 N–H and O–H groups in total. The van der Waals surface area contributed by atoms with E-state index >= 15 is 0 Å². The highest BCUT2D eigenvalue weighted by atomic mass is 79.9. The van der Waals surface area contributed by atoms with E-state index < -0.39 is 0 Å². The van der Waals surface area contributed by atoms with E-state index in [-0.39, 0.29) is 0 Å². The smallest absolute Gasteiger partial charge is 0.0462 e. The van der Waals surface area contributed by atoms with Crippen LogP contribution in [-0.4, -0.2) is 0 Å². The number of nitrogens with zero attached hydrogens (tertiary/aromatic N) is 1. The first-order valence-corrected chi connectivity index (χ1v) is 12.3. The summed E-state index contributed by atoms with van der Waals surface area (Å²) in [7, 11) is 0. The summed E-state index contributed by atoms with van der Waals surface area (Å²) in [5.74, 6) is 0. The second kappa shape index (κ2) is 9.78. The first kappa shape index (κ1) is 21.7. The van der Waals surface area contributed by atoms with Crippen LogP contribution in [0.15, 0.2) is 136 Å². The van der Waals surface area contributed by atoms with Crippen molar-refractivity contribution in [3.63, 3.8) is 0 Å². The maximum Gasteiger partial charge on any atom is 0.0462 e. The largest absolute Gasteiger partial charge is 0.311 e. The number of hydrogen-bond donors (Lipinski definition) is 0. The molecule has 3 heteroatoms. The number of anilines is 3. The van der Waals surface area contributed by atoms with Gasteiger partial charge in [-0.2, -0.15) is 0 Å². The summed E-state index contributed by atoms with van der Waals surface area (Å²) in [5.41, 5.74) is 8.20. The van der Waals surface area contributed by atoms with Gasteiger partial charge in [-0.1, -0.05) is 92.5 Å². The first-order valence-electron chi connectivity index (χ1n) is 10.7. The molecule has 0 spiro atoms. The Balaban J connectivity index is 1.51. The second-order valence-corrected chi connectivity index (χ2v) is 9.61. The normalized spacial score (nSPS) is 10.7. The Hall–Kier alpha value is -3.14. The molecule has 5 aromatic carbocycles. The number of benzene rings is 5. The van der Waals surface area contributed by atoms with E-state index in [4.69, 9.17) is 0 Å². The standard InChI is InChI=1S/C30H21Br2N/c31-26-11-17-29(18-12-26)33(30-19-13-27(32)14-20-30)28-15-9-23(10-16-28)25-8-4-7-24(21-25)22-5-2-1-3-6-22/h1-21H. The summed E-state index contributed by atoms with van der Waals surface area (Å²) in [4.78, 5) is 2.27. The van der Waals surface area contributed by atoms with Gasteiger partial charge in [-0.05, 0) is 89.0 Å². The van der Waals surface area contributed by atoms with Crippen LogP contribution < -0.4 is 4.90 Å². The van der Waals surface area contributed by atoms with Gasteiger partial charge in [-0.15, -0.1) is 0 Å².